The lowest BCUT2D eigenvalue weighted by atomic mass is 10.1. The van der Waals surface area contributed by atoms with E-state index in [2.05, 4.69) is 26.6 Å². The largest absolute Gasteiger partial charge is 0.490 e. The lowest BCUT2D eigenvalue weighted by Gasteiger charge is -2.21. The predicted molar refractivity (Wildman–Crippen MR) is 117 cm³/mol. The van der Waals surface area contributed by atoms with E-state index in [1.807, 2.05) is 33.8 Å². The summed E-state index contributed by atoms with van der Waals surface area (Å²) in [5.41, 5.74) is 1.27. The van der Waals surface area contributed by atoms with Gasteiger partial charge in [0.1, 0.15) is 5.82 Å². The number of ether oxygens (including phenoxy) is 2. The van der Waals surface area contributed by atoms with Crippen LogP contribution in [0.25, 0.3) is 0 Å². The number of halogens is 3. The van der Waals surface area contributed by atoms with Crippen molar-refractivity contribution in [2.24, 2.45) is 0 Å². The highest BCUT2D eigenvalue weighted by Gasteiger charge is 2.16. The number of carbonyl (C=O) groups excluding carboxylic acids is 1. The zero-order chi connectivity index (χ0) is 21.6. The number of amides is 1. The zero-order valence-electron chi connectivity index (χ0n) is 16.9. The standard InChI is InChI=1S/C21H25BrClFN2O3/c1-5-28-18-8-13(11-25-14-6-7-17(24)16(23)9-14)15(22)10-19(18)29-12-20(27)26-21(2,3)4/h6-10,25H,5,11-12H2,1-4H3,(H,26,27). The summed E-state index contributed by atoms with van der Waals surface area (Å²) in [6, 6.07) is 8.06. The molecule has 2 rings (SSSR count). The van der Waals surface area contributed by atoms with Crippen molar-refractivity contribution >= 4 is 39.1 Å². The Bertz CT molecular complexity index is 872. The molecule has 0 aliphatic rings. The minimum Gasteiger partial charge on any atom is -0.490 e. The minimum atomic E-state index is -0.464. The molecule has 0 aliphatic heterocycles. The van der Waals surface area contributed by atoms with Crippen molar-refractivity contribution in [3.8, 4) is 11.5 Å². The van der Waals surface area contributed by atoms with Crippen molar-refractivity contribution in [3.63, 3.8) is 0 Å². The monoisotopic (exact) mass is 486 g/mol. The molecule has 0 unspecified atom stereocenters. The molecule has 1 amide bonds. The quantitative estimate of drug-likeness (QED) is 0.513. The van der Waals surface area contributed by atoms with Gasteiger partial charge in [-0.3, -0.25) is 4.79 Å². The summed E-state index contributed by atoms with van der Waals surface area (Å²) in [4.78, 5) is 12.0. The molecule has 0 fully saturated rings. The maximum absolute atomic E-state index is 13.3. The smallest absolute Gasteiger partial charge is 0.258 e. The van der Waals surface area contributed by atoms with Crippen molar-refractivity contribution < 1.29 is 18.7 Å². The van der Waals surface area contributed by atoms with E-state index in [1.54, 1.807) is 12.1 Å². The van der Waals surface area contributed by atoms with E-state index in [1.165, 1.54) is 12.1 Å². The van der Waals surface area contributed by atoms with E-state index in [9.17, 15) is 9.18 Å². The Kier molecular flexibility index (Phi) is 8.16. The number of benzene rings is 2. The Hall–Kier alpha value is -1.99. The van der Waals surface area contributed by atoms with E-state index in [0.29, 0.717) is 30.3 Å². The second-order valence-electron chi connectivity index (χ2n) is 7.39. The van der Waals surface area contributed by atoms with Gasteiger partial charge in [0, 0.05) is 22.2 Å². The Morgan fingerprint density at radius 1 is 1.17 bits per heavy atom. The number of carbonyl (C=O) groups is 1. The van der Waals surface area contributed by atoms with Crippen LogP contribution in [0, 0.1) is 5.82 Å². The van der Waals surface area contributed by atoms with Crippen LogP contribution in [0.1, 0.15) is 33.3 Å². The highest BCUT2D eigenvalue weighted by atomic mass is 79.9. The summed E-state index contributed by atoms with van der Waals surface area (Å²) >= 11 is 9.35. The molecule has 0 saturated carbocycles. The average molecular weight is 488 g/mol. The first-order valence-corrected chi connectivity index (χ1v) is 10.3. The van der Waals surface area contributed by atoms with Gasteiger partial charge < -0.3 is 20.1 Å². The molecule has 0 bridgehead atoms. The Morgan fingerprint density at radius 2 is 1.86 bits per heavy atom. The number of rotatable bonds is 8. The van der Waals surface area contributed by atoms with Crippen molar-refractivity contribution in [1.82, 2.24) is 5.32 Å². The normalized spacial score (nSPS) is 11.1. The Labute approximate surface area is 184 Å². The summed E-state index contributed by atoms with van der Waals surface area (Å²) in [6.07, 6.45) is 0. The van der Waals surface area contributed by atoms with Crippen molar-refractivity contribution in [3.05, 3.63) is 51.2 Å². The number of hydrogen-bond donors (Lipinski definition) is 2. The van der Waals surface area contributed by atoms with Gasteiger partial charge in [0.25, 0.3) is 5.91 Å². The molecule has 2 N–H and O–H groups in total. The van der Waals surface area contributed by atoms with E-state index in [-0.39, 0.29) is 23.1 Å². The first kappa shape index (κ1) is 23.3. The van der Waals surface area contributed by atoms with Crippen molar-refractivity contribution in [1.29, 1.82) is 0 Å². The first-order valence-electron chi connectivity index (χ1n) is 9.17. The topological polar surface area (TPSA) is 59.6 Å². The molecule has 2 aromatic carbocycles. The van der Waals surface area contributed by atoms with E-state index >= 15 is 0 Å². The second kappa shape index (κ2) is 10.2. The number of anilines is 1. The molecule has 0 spiro atoms. The molecule has 5 nitrogen and oxygen atoms in total. The van der Waals surface area contributed by atoms with Crippen LogP contribution >= 0.6 is 27.5 Å². The fourth-order valence-electron chi connectivity index (χ4n) is 2.49. The third-order valence-electron chi connectivity index (χ3n) is 3.69. The Morgan fingerprint density at radius 3 is 2.48 bits per heavy atom. The van der Waals surface area contributed by atoms with Gasteiger partial charge in [0.05, 0.1) is 11.6 Å². The third-order valence-corrected chi connectivity index (χ3v) is 4.72. The van der Waals surface area contributed by atoms with Crippen molar-refractivity contribution in [2.75, 3.05) is 18.5 Å². The molecule has 29 heavy (non-hydrogen) atoms. The Balaban J connectivity index is 2.11. The molecule has 0 radical (unpaired) electrons. The molecule has 0 aromatic heterocycles. The molecule has 0 aliphatic carbocycles. The van der Waals surface area contributed by atoms with E-state index < -0.39 is 5.82 Å². The van der Waals surface area contributed by atoms with Crippen LogP contribution in [0.3, 0.4) is 0 Å². The fraction of sp³-hybridized carbons (Fsp3) is 0.381. The summed E-state index contributed by atoms with van der Waals surface area (Å²) < 4.78 is 25.4. The van der Waals surface area contributed by atoms with Crippen LogP contribution in [0.5, 0.6) is 11.5 Å². The molecule has 8 heteroatoms. The zero-order valence-corrected chi connectivity index (χ0v) is 19.2. The predicted octanol–water partition coefficient (Wildman–Crippen LogP) is 5.55. The van der Waals surface area contributed by atoms with Gasteiger partial charge in [-0.05, 0) is 63.6 Å². The van der Waals surface area contributed by atoms with Crippen LogP contribution in [-0.4, -0.2) is 24.7 Å². The first-order chi connectivity index (χ1) is 13.6. The highest BCUT2D eigenvalue weighted by Crippen LogP contribution is 2.34. The molecule has 158 valence electrons. The third kappa shape index (κ3) is 7.40. The maximum atomic E-state index is 13.3. The second-order valence-corrected chi connectivity index (χ2v) is 8.65. The minimum absolute atomic E-state index is 0.0568. The lowest BCUT2D eigenvalue weighted by Crippen LogP contribution is -2.43. The van der Waals surface area contributed by atoms with Gasteiger partial charge >= 0.3 is 0 Å². The van der Waals surface area contributed by atoms with Gasteiger partial charge in [-0.1, -0.05) is 27.5 Å². The SMILES string of the molecule is CCOc1cc(CNc2ccc(F)c(Cl)c2)c(Br)cc1OCC(=O)NC(C)(C)C. The van der Waals surface area contributed by atoms with Crippen LogP contribution in [0.2, 0.25) is 5.02 Å². The molecule has 0 saturated heterocycles. The van der Waals surface area contributed by atoms with Crippen LogP contribution in [0.4, 0.5) is 10.1 Å². The molecular weight excluding hydrogens is 463 g/mol. The van der Waals surface area contributed by atoms with E-state index in [4.69, 9.17) is 21.1 Å². The number of nitrogens with one attached hydrogen (secondary N) is 2. The van der Waals surface area contributed by atoms with Crippen LogP contribution < -0.4 is 20.1 Å². The van der Waals surface area contributed by atoms with Crippen LogP contribution in [0.15, 0.2) is 34.8 Å². The van der Waals surface area contributed by atoms with Gasteiger partial charge in [-0.2, -0.15) is 0 Å². The maximum Gasteiger partial charge on any atom is 0.258 e. The van der Waals surface area contributed by atoms with Gasteiger partial charge in [0.2, 0.25) is 0 Å². The van der Waals surface area contributed by atoms with Gasteiger partial charge in [-0.15, -0.1) is 0 Å². The summed E-state index contributed by atoms with van der Waals surface area (Å²) in [5.74, 6) is 0.327. The molecular formula is C21H25BrClFN2O3. The lowest BCUT2D eigenvalue weighted by molar-refractivity contribution is -0.124. The highest BCUT2D eigenvalue weighted by molar-refractivity contribution is 9.10. The molecule has 2 aromatic rings. The summed E-state index contributed by atoms with van der Waals surface area (Å²) in [6.45, 7) is 8.38. The molecule has 0 atom stereocenters. The van der Waals surface area contributed by atoms with E-state index in [0.717, 1.165) is 10.0 Å². The number of hydrogen-bond acceptors (Lipinski definition) is 4. The van der Waals surface area contributed by atoms with Crippen molar-refractivity contribution in [2.45, 2.75) is 39.8 Å². The van der Waals surface area contributed by atoms with Gasteiger partial charge in [0.15, 0.2) is 18.1 Å². The van der Waals surface area contributed by atoms with Crippen LogP contribution in [-0.2, 0) is 11.3 Å². The summed E-state index contributed by atoms with van der Waals surface area (Å²) in [7, 11) is 0. The fourth-order valence-corrected chi connectivity index (χ4v) is 3.14. The molecule has 0 heterocycles. The summed E-state index contributed by atoms with van der Waals surface area (Å²) in [5, 5.41) is 6.10. The average Bonchev–Trinajstić information content (AvgIpc) is 2.62. The van der Waals surface area contributed by atoms with Gasteiger partial charge in [-0.25, -0.2) is 4.39 Å².